The second-order valence-electron chi connectivity index (χ2n) is 8.15. The van der Waals surface area contributed by atoms with Crippen LogP contribution in [0.4, 0.5) is 11.4 Å². The van der Waals surface area contributed by atoms with E-state index in [1.165, 1.54) is 0 Å². The molecule has 1 saturated heterocycles. The first-order valence-corrected chi connectivity index (χ1v) is 10.4. The number of nitrogens with zero attached hydrogens (tertiary/aromatic N) is 1. The molecule has 2 N–H and O–H groups in total. The van der Waals surface area contributed by atoms with Gasteiger partial charge < -0.3 is 15.5 Å². The topological polar surface area (TPSA) is 78.5 Å². The van der Waals surface area contributed by atoms with Crippen molar-refractivity contribution in [3.63, 3.8) is 0 Å². The summed E-state index contributed by atoms with van der Waals surface area (Å²) in [4.78, 5) is 39.4. The van der Waals surface area contributed by atoms with Gasteiger partial charge in [0.05, 0.1) is 0 Å². The number of rotatable bonds is 6. The van der Waals surface area contributed by atoms with Gasteiger partial charge in [0.2, 0.25) is 11.8 Å². The number of carbonyl (C=O) groups excluding carboxylic acids is 3. The second kappa shape index (κ2) is 9.11. The first-order valence-electron chi connectivity index (χ1n) is 10.4. The largest absolute Gasteiger partial charge is 0.340 e. The lowest BCUT2D eigenvalue weighted by Crippen LogP contribution is -2.47. The maximum atomic E-state index is 12.9. The van der Waals surface area contributed by atoms with Gasteiger partial charge in [-0.15, -0.1) is 0 Å². The highest BCUT2D eigenvalue weighted by atomic mass is 16.2. The summed E-state index contributed by atoms with van der Waals surface area (Å²) in [5.74, 6) is -0.480. The van der Waals surface area contributed by atoms with Crippen LogP contribution in [0.3, 0.4) is 0 Å². The van der Waals surface area contributed by atoms with Crippen LogP contribution >= 0.6 is 0 Å². The van der Waals surface area contributed by atoms with Gasteiger partial charge in [-0.3, -0.25) is 14.4 Å². The van der Waals surface area contributed by atoms with Gasteiger partial charge in [0.1, 0.15) is 6.04 Å². The molecule has 1 atom stereocenters. The Balaban J connectivity index is 1.72. The number of benzene rings is 2. The number of carbonyl (C=O) groups is 3. The molecule has 0 saturated carbocycles. The minimum absolute atomic E-state index is 0.0828. The van der Waals surface area contributed by atoms with Crippen LogP contribution in [0.5, 0.6) is 0 Å². The van der Waals surface area contributed by atoms with Crippen LogP contribution in [0.2, 0.25) is 0 Å². The Labute approximate surface area is 177 Å². The highest BCUT2D eigenvalue weighted by molar-refractivity contribution is 6.02. The molecule has 0 aliphatic carbocycles. The highest BCUT2D eigenvalue weighted by Crippen LogP contribution is 2.27. The summed E-state index contributed by atoms with van der Waals surface area (Å²) in [6.07, 6.45) is 1.45. The third kappa shape index (κ3) is 4.70. The van der Waals surface area contributed by atoms with E-state index in [0.717, 1.165) is 29.8 Å². The molecule has 1 heterocycles. The summed E-state index contributed by atoms with van der Waals surface area (Å²) < 4.78 is 0. The van der Waals surface area contributed by atoms with Gasteiger partial charge in [-0.1, -0.05) is 32.0 Å². The molecule has 0 spiro atoms. The Morgan fingerprint density at radius 2 is 1.77 bits per heavy atom. The Hall–Kier alpha value is -3.15. The van der Waals surface area contributed by atoms with Crippen molar-refractivity contribution in [2.45, 2.75) is 46.6 Å². The minimum Gasteiger partial charge on any atom is -0.340 e. The number of anilines is 2. The van der Waals surface area contributed by atoms with Crippen LogP contribution in [-0.2, 0) is 9.59 Å². The van der Waals surface area contributed by atoms with Crippen molar-refractivity contribution in [3.8, 4) is 0 Å². The Morgan fingerprint density at radius 3 is 2.37 bits per heavy atom. The van der Waals surface area contributed by atoms with Crippen molar-refractivity contribution < 1.29 is 14.4 Å². The van der Waals surface area contributed by atoms with Gasteiger partial charge in [0.25, 0.3) is 5.91 Å². The van der Waals surface area contributed by atoms with Gasteiger partial charge in [0, 0.05) is 29.9 Å². The second-order valence-corrected chi connectivity index (χ2v) is 8.15. The molecule has 158 valence electrons. The van der Waals surface area contributed by atoms with Crippen LogP contribution in [0, 0.1) is 19.8 Å². The van der Waals surface area contributed by atoms with Crippen molar-refractivity contribution in [3.05, 3.63) is 59.2 Å². The van der Waals surface area contributed by atoms with Gasteiger partial charge in [-0.2, -0.15) is 0 Å². The average Bonchev–Trinajstić information content (AvgIpc) is 3.11. The summed E-state index contributed by atoms with van der Waals surface area (Å²) in [6, 6.07) is 12.2. The van der Waals surface area contributed by atoms with Gasteiger partial charge >= 0.3 is 0 Å². The molecule has 3 amide bonds. The molecular formula is C24H29N3O3. The zero-order chi connectivity index (χ0) is 21.8. The maximum Gasteiger partial charge on any atom is 0.252 e. The Morgan fingerprint density at radius 1 is 1.03 bits per heavy atom. The lowest BCUT2D eigenvalue weighted by atomic mass is 10.0. The van der Waals surface area contributed by atoms with Gasteiger partial charge in [-0.05, 0) is 61.6 Å². The average molecular weight is 408 g/mol. The highest BCUT2D eigenvalue weighted by Gasteiger charge is 2.26. The van der Waals surface area contributed by atoms with Crippen molar-refractivity contribution in [1.82, 2.24) is 5.32 Å². The molecule has 2 aromatic rings. The predicted molar refractivity (Wildman–Crippen MR) is 119 cm³/mol. The zero-order valence-corrected chi connectivity index (χ0v) is 18.0. The van der Waals surface area contributed by atoms with Crippen molar-refractivity contribution in [1.29, 1.82) is 0 Å². The van der Waals surface area contributed by atoms with Crippen molar-refractivity contribution in [2.75, 3.05) is 16.8 Å². The van der Waals surface area contributed by atoms with E-state index in [2.05, 4.69) is 10.6 Å². The van der Waals surface area contributed by atoms with Crippen LogP contribution in [0.15, 0.2) is 42.5 Å². The van der Waals surface area contributed by atoms with E-state index in [1.54, 1.807) is 17.0 Å². The Bertz CT molecular complexity index is 968. The van der Waals surface area contributed by atoms with Crippen LogP contribution < -0.4 is 15.5 Å². The lowest BCUT2D eigenvalue weighted by molar-refractivity contribution is -0.119. The molecular weight excluding hydrogens is 378 g/mol. The Kier molecular flexibility index (Phi) is 6.55. The normalized spacial score (nSPS) is 14.7. The van der Waals surface area contributed by atoms with Crippen LogP contribution in [0.25, 0.3) is 0 Å². The summed E-state index contributed by atoms with van der Waals surface area (Å²) in [5, 5.41) is 5.77. The predicted octanol–water partition coefficient (Wildman–Crippen LogP) is 3.82. The molecule has 1 aliphatic heterocycles. The number of hydrogen-bond acceptors (Lipinski definition) is 3. The minimum atomic E-state index is -0.669. The summed E-state index contributed by atoms with van der Waals surface area (Å²) in [5.41, 5.74) is 3.87. The standard InChI is InChI=1S/C24H29N3O3/c1-15(2)22(26-23(29)19-9-6-5-8-16(19)3)24(30)25-18-11-12-20(17(4)14-18)27-13-7-10-21(27)28/h5-6,8-9,11-12,14-15,22H,7,10,13H2,1-4H3,(H,25,30)(H,26,29). The fourth-order valence-electron chi connectivity index (χ4n) is 3.74. The lowest BCUT2D eigenvalue weighted by Gasteiger charge is -2.23. The van der Waals surface area contributed by atoms with E-state index in [4.69, 9.17) is 0 Å². The molecule has 6 nitrogen and oxygen atoms in total. The molecule has 2 aromatic carbocycles. The number of aryl methyl sites for hydroxylation is 2. The van der Waals surface area contributed by atoms with Crippen LogP contribution in [-0.4, -0.2) is 30.3 Å². The van der Waals surface area contributed by atoms with E-state index in [9.17, 15) is 14.4 Å². The van der Waals surface area contributed by atoms with E-state index in [1.807, 2.05) is 58.0 Å². The fraction of sp³-hybridized carbons (Fsp3) is 0.375. The first kappa shape index (κ1) is 21.6. The summed E-state index contributed by atoms with van der Waals surface area (Å²) in [7, 11) is 0. The molecule has 1 unspecified atom stereocenters. The molecule has 0 bridgehead atoms. The van der Waals surface area contributed by atoms with Crippen LogP contribution in [0.1, 0.15) is 48.2 Å². The molecule has 1 aliphatic rings. The maximum absolute atomic E-state index is 12.9. The van der Waals surface area contributed by atoms with Crippen molar-refractivity contribution in [2.24, 2.45) is 5.92 Å². The first-order chi connectivity index (χ1) is 14.3. The van der Waals surface area contributed by atoms with E-state index < -0.39 is 6.04 Å². The molecule has 30 heavy (non-hydrogen) atoms. The number of hydrogen-bond donors (Lipinski definition) is 2. The molecule has 3 rings (SSSR count). The van der Waals surface area contributed by atoms with E-state index >= 15 is 0 Å². The van der Waals surface area contributed by atoms with Gasteiger partial charge in [-0.25, -0.2) is 0 Å². The number of amides is 3. The monoisotopic (exact) mass is 407 g/mol. The third-order valence-corrected chi connectivity index (χ3v) is 5.45. The van der Waals surface area contributed by atoms with E-state index in [-0.39, 0.29) is 23.6 Å². The van der Waals surface area contributed by atoms with Gasteiger partial charge in [0.15, 0.2) is 0 Å². The molecule has 0 radical (unpaired) electrons. The smallest absolute Gasteiger partial charge is 0.252 e. The summed E-state index contributed by atoms with van der Waals surface area (Å²) in [6.45, 7) is 8.32. The quantitative estimate of drug-likeness (QED) is 0.764. The number of nitrogens with one attached hydrogen (secondary N) is 2. The fourth-order valence-corrected chi connectivity index (χ4v) is 3.74. The molecule has 0 aromatic heterocycles. The zero-order valence-electron chi connectivity index (χ0n) is 18.0. The molecule has 6 heteroatoms. The van der Waals surface area contributed by atoms with Crippen molar-refractivity contribution >= 4 is 29.1 Å². The SMILES string of the molecule is Cc1ccccc1C(=O)NC(C(=O)Nc1ccc(N2CCCC2=O)c(C)c1)C(C)C. The van der Waals surface area contributed by atoms with E-state index in [0.29, 0.717) is 17.7 Å². The summed E-state index contributed by atoms with van der Waals surface area (Å²) >= 11 is 0. The third-order valence-electron chi connectivity index (χ3n) is 5.45. The molecule has 1 fully saturated rings.